The fourth-order valence-electron chi connectivity index (χ4n) is 4.68. The molecule has 0 atom stereocenters. The molecule has 9 nitrogen and oxygen atoms in total. The zero-order valence-electron chi connectivity index (χ0n) is 23.0. The molecule has 3 aromatic heterocycles. The molecule has 0 fully saturated rings. The van der Waals surface area contributed by atoms with E-state index >= 15 is 0 Å². The molecule has 0 radical (unpaired) electrons. The molecule has 0 aliphatic rings. The average Bonchev–Trinajstić information content (AvgIpc) is 3.39. The maximum atomic E-state index is 13.9. The number of aromatic hydroxyl groups is 1. The Labute approximate surface area is 232 Å². The summed E-state index contributed by atoms with van der Waals surface area (Å²) in [4.78, 5) is 27.0. The lowest BCUT2D eigenvalue weighted by atomic mass is 9.98. The highest BCUT2D eigenvalue weighted by molar-refractivity contribution is 5.80. The van der Waals surface area contributed by atoms with Gasteiger partial charge in [0.2, 0.25) is 11.6 Å². The van der Waals surface area contributed by atoms with E-state index in [9.17, 15) is 9.90 Å². The molecule has 2 aromatic carbocycles. The fraction of sp³-hybridized carbons (Fsp3) is 0.258. The maximum Gasteiger partial charge on any atom is 0.415 e. The van der Waals surface area contributed by atoms with E-state index in [1.165, 1.54) is 0 Å². The Morgan fingerprint density at radius 3 is 2.40 bits per heavy atom. The van der Waals surface area contributed by atoms with Gasteiger partial charge in [-0.05, 0) is 55.0 Å². The third kappa shape index (κ3) is 5.49. The van der Waals surface area contributed by atoms with E-state index in [4.69, 9.17) is 14.2 Å². The van der Waals surface area contributed by atoms with Gasteiger partial charge in [-0.1, -0.05) is 67.5 Å². The van der Waals surface area contributed by atoms with Crippen LogP contribution in [-0.2, 0) is 19.4 Å². The van der Waals surface area contributed by atoms with Crippen molar-refractivity contribution in [3.05, 3.63) is 99.5 Å². The SMILES string of the molecule is CCCc1nc(CC)c(Oc2cnc(C)cc2C)c(=O)n1Cc1ccc(-c2ccccc2-c2noc(O)n2)cc1. The lowest BCUT2D eigenvalue weighted by Gasteiger charge is -2.18. The Bertz CT molecular complexity index is 1710. The van der Waals surface area contributed by atoms with E-state index in [1.54, 1.807) is 10.8 Å². The summed E-state index contributed by atoms with van der Waals surface area (Å²) in [5, 5.41) is 13.4. The fourth-order valence-corrected chi connectivity index (χ4v) is 4.68. The molecular weight excluding hydrogens is 506 g/mol. The first-order valence-corrected chi connectivity index (χ1v) is 13.3. The molecule has 0 spiro atoms. The van der Waals surface area contributed by atoms with Gasteiger partial charge in [0.1, 0.15) is 11.6 Å². The van der Waals surface area contributed by atoms with E-state index < -0.39 is 6.08 Å². The van der Waals surface area contributed by atoms with Crippen LogP contribution in [0, 0.1) is 13.8 Å². The van der Waals surface area contributed by atoms with Crippen molar-refractivity contribution in [3.8, 4) is 40.1 Å². The van der Waals surface area contributed by atoms with Crippen LogP contribution in [0.4, 0.5) is 0 Å². The normalized spacial score (nSPS) is 11.1. The lowest BCUT2D eigenvalue weighted by Crippen LogP contribution is -2.28. The van der Waals surface area contributed by atoms with Crippen molar-refractivity contribution in [2.75, 3.05) is 0 Å². The zero-order valence-corrected chi connectivity index (χ0v) is 23.0. The van der Waals surface area contributed by atoms with Crippen molar-refractivity contribution in [2.45, 2.75) is 53.5 Å². The van der Waals surface area contributed by atoms with Gasteiger partial charge in [-0.15, -0.1) is 0 Å². The average molecular weight is 538 g/mol. The minimum absolute atomic E-state index is 0.207. The molecule has 0 amide bonds. The summed E-state index contributed by atoms with van der Waals surface area (Å²) < 4.78 is 12.6. The third-order valence-corrected chi connectivity index (χ3v) is 6.69. The number of benzene rings is 2. The Kier molecular flexibility index (Phi) is 7.72. The van der Waals surface area contributed by atoms with Gasteiger partial charge >= 0.3 is 6.08 Å². The third-order valence-electron chi connectivity index (χ3n) is 6.69. The largest absolute Gasteiger partial charge is 0.464 e. The zero-order chi connectivity index (χ0) is 28.2. The van der Waals surface area contributed by atoms with Crippen LogP contribution in [0.3, 0.4) is 0 Å². The molecule has 9 heteroatoms. The second-order valence-electron chi connectivity index (χ2n) is 9.64. The van der Waals surface area contributed by atoms with Crippen LogP contribution in [0.1, 0.15) is 48.6 Å². The van der Waals surface area contributed by atoms with Crippen LogP contribution in [-0.4, -0.2) is 29.8 Å². The maximum absolute atomic E-state index is 13.9. The molecule has 204 valence electrons. The number of aromatic nitrogens is 5. The van der Waals surface area contributed by atoms with Crippen LogP contribution in [0.5, 0.6) is 17.6 Å². The van der Waals surface area contributed by atoms with Crippen molar-refractivity contribution in [1.29, 1.82) is 0 Å². The van der Waals surface area contributed by atoms with Gasteiger partial charge in [0, 0.05) is 17.7 Å². The highest BCUT2D eigenvalue weighted by atomic mass is 16.6. The molecule has 3 heterocycles. The summed E-state index contributed by atoms with van der Waals surface area (Å²) in [6.07, 6.45) is 3.29. The number of aryl methyl sites for hydroxylation is 4. The van der Waals surface area contributed by atoms with Crippen molar-refractivity contribution in [1.82, 2.24) is 24.7 Å². The van der Waals surface area contributed by atoms with Crippen LogP contribution in [0.15, 0.2) is 70.1 Å². The summed E-state index contributed by atoms with van der Waals surface area (Å²) in [6, 6.07) is 17.5. The molecule has 5 rings (SSSR count). The molecule has 40 heavy (non-hydrogen) atoms. The van der Waals surface area contributed by atoms with Crippen LogP contribution in [0.2, 0.25) is 0 Å². The predicted octanol–water partition coefficient (Wildman–Crippen LogP) is 6.03. The summed E-state index contributed by atoms with van der Waals surface area (Å²) >= 11 is 0. The minimum atomic E-state index is -0.478. The molecule has 0 saturated carbocycles. The number of hydrogen-bond donors (Lipinski definition) is 1. The summed E-state index contributed by atoms with van der Waals surface area (Å²) in [7, 11) is 0. The summed E-state index contributed by atoms with van der Waals surface area (Å²) in [6.45, 7) is 8.26. The molecule has 0 bridgehead atoms. The van der Waals surface area contributed by atoms with Gasteiger partial charge in [-0.2, -0.15) is 4.98 Å². The van der Waals surface area contributed by atoms with Crippen LogP contribution >= 0.6 is 0 Å². The van der Waals surface area contributed by atoms with E-state index in [0.29, 0.717) is 36.7 Å². The molecule has 0 unspecified atom stereocenters. The number of rotatable bonds is 9. The van der Waals surface area contributed by atoms with E-state index in [-0.39, 0.29) is 11.3 Å². The molecular formula is C31H31N5O4. The van der Waals surface area contributed by atoms with Gasteiger partial charge < -0.3 is 9.84 Å². The monoisotopic (exact) mass is 537 g/mol. The molecule has 0 saturated heterocycles. The summed E-state index contributed by atoms with van der Waals surface area (Å²) in [5.41, 5.74) is 5.75. The predicted molar refractivity (Wildman–Crippen MR) is 152 cm³/mol. The van der Waals surface area contributed by atoms with E-state index in [1.807, 2.05) is 75.4 Å². The second kappa shape index (κ2) is 11.5. The number of pyridine rings is 1. The molecule has 0 aliphatic carbocycles. The molecule has 1 N–H and O–H groups in total. The Morgan fingerprint density at radius 1 is 1.00 bits per heavy atom. The van der Waals surface area contributed by atoms with Crippen molar-refractivity contribution in [2.24, 2.45) is 0 Å². The molecule has 0 aliphatic heterocycles. The first-order valence-electron chi connectivity index (χ1n) is 13.3. The number of ether oxygens (including phenoxy) is 1. The highest BCUT2D eigenvalue weighted by Crippen LogP contribution is 2.31. The van der Waals surface area contributed by atoms with Crippen molar-refractivity contribution in [3.63, 3.8) is 0 Å². The quantitative estimate of drug-likeness (QED) is 0.242. The topological polar surface area (TPSA) is 116 Å². The van der Waals surface area contributed by atoms with Gasteiger partial charge in [0.05, 0.1) is 18.4 Å². The second-order valence-corrected chi connectivity index (χ2v) is 9.64. The van der Waals surface area contributed by atoms with Gasteiger partial charge in [-0.3, -0.25) is 18.9 Å². The van der Waals surface area contributed by atoms with E-state index in [2.05, 4.69) is 22.0 Å². The summed E-state index contributed by atoms with van der Waals surface area (Å²) in [5.74, 6) is 1.83. The smallest absolute Gasteiger partial charge is 0.415 e. The van der Waals surface area contributed by atoms with Crippen molar-refractivity contribution < 1.29 is 14.4 Å². The lowest BCUT2D eigenvalue weighted by molar-refractivity contribution is 0.267. The minimum Gasteiger partial charge on any atom is -0.464 e. The first kappa shape index (κ1) is 26.8. The van der Waals surface area contributed by atoms with Crippen molar-refractivity contribution >= 4 is 0 Å². The van der Waals surface area contributed by atoms with Crippen LogP contribution < -0.4 is 10.3 Å². The van der Waals surface area contributed by atoms with Gasteiger partial charge in [0.15, 0.2) is 0 Å². The number of hydrogen-bond acceptors (Lipinski definition) is 8. The molecule has 5 aromatic rings. The Hall–Kier alpha value is -4.79. The standard InChI is InChI=1S/C31H31N5O4/c1-5-9-27-33-25(6-2)28(39-26-17-32-20(4)16-19(26)3)30(37)36(27)18-21-12-14-22(15-13-21)23-10-7-8-11-24(23)29-34-31(38)40-35-29/h7-8,10-17H,5-6,9,18H2,1-4H3,(H,34,35,38). The van der Waals surface area contributed by atoms with Gasteiger partial charge in [0.25, 0.3) is 5.56 Å². The van der Waals surface area contributed by atoms with E-state index in [0.717, 1.165) is 45.8 Å². The Morgan fingerprint density at radius 2 is 1.75 bits per heavy atom. The number of nitrogens with zero attached hydrogens (tertiary/aromatic N) is 5. The first-order chi connectivity index (χ1) is 19.4. The highest BCUT2D eigenvalue weighted by Gasteiger charge is 2.19. The Balaban J connectivity index is 1.50. The van der Waals surface area contributed by atoms with Gasteiger partial charge in [-0.25, -0.2) is 4.98 Å². The van der Waals surface area contributed by atoms with Crippen LogP contribution in [0.25, 0.3) is 22.5 Å².